The van der Waals surface area contributed by atoms with Gasteiger partial charge in [0.15, 0.2) is 0 Å². The summed E-state index contributed by atoms with van der Waals surface area (Å²) in [5.41, 5.74) is 0. The summed E-state index contributed by atoms with van der Waals surface area (Å²) in [5.74, 6) is -0.0678. The predicted octanol–water partition coefficient (Wildman–Crippen LogP) is 1.09. The van der Waals surface area contributed by atoms with E-state index < -0.39 is 18.9 Å². The number of carbonyl (C=O) groups excluding carboxylic acids is 1. The topological polar surface area (TPSA) is 61.9 Å². The fourth-order valence-corrected chi connectivity index (χ4v) is 1.20. The van der Waals surface area contributed by atoms with Crippen LogP contribution in [0.4, 0.5) is 8.78 Å². The standard InChI is InChI=1S/C9H14F2N4O/c1-3-4-7-12-8(14-13-7)9(16)15(2)5-6(10)11/h6H,3-5H2,1-2H3,(H,12,13,14). The summed E-state index contributed by atoms with van der Waals surface area (Å²) in [5, 5.41) is 6.29. The lowest BCUT2D eigenvalue weighted by molar-refractivity contribution is 0.0610. The van der Waals surface area contributed by atoms with Gasteiger partial charge in [-0.1, -0.05) is 6.92 Å². The summed E-state index contributed by atoms with van der Waals surface area (Å²) in [6, 6.07) is 0. The van der Waals surface area contributed by atoms with E-state index in [9.17, 15) is 13.6 Å². The summed E-state index contributed by atoms with van der Waals surface area (Å²) in [6.45, 7) is 1.35. The maximum Gasteiger partial charge on any atom is 0.293 e. The van der Waals surface area contributed by atoms with Crippen molar-refractivity contribution in [1.82, 2.24) is 20.1 Å². The molecule has 0 radical (unpaired) electrons. The molecule has 16 heavy (non-hydrogen) atoms. The van der Waals surface area contributed by atoms with Crippen LogP contribution in [0.5, 0.6) is 0 Å². The summed E-state index contributed by atoms with van der Waals surface area (Å²) in [7, 11) is 1.30. The van der Waals surface area contributed by atoms with Gasteiger partial charge in [-0.05, 0) is 6.42 Å². The third kappa shape index (κ3) is 3.25. The molecule has 7 heteroatoms. The molecule has 0 spiro atoms. The Morgan fingerprint density at radius 3 is 2.81 bits per heavy atom. The number of hydrogen-bond acceptors (Lipinski definition) is 3. The number of nitrogens with zero attached hydrogens (tertiary/aromatic N) is 3. The van der Waals surface area contributed by atoms with Crippen LogP contribution in [0.15, 0.2) is 0 Å². The molecule has 0 bridgehead atoms. The molecule has 1 rings (SSSR count). The molecular weight excluding hydrogens is 218 g/mol. The Morgan fingerprint density at radius 2 is 2.25 bits per heavy atom. The maximum absolute atomic E-state index is 12.0. The van der Waals surface area contributed by atoms with Gasteiger partial charge in [0.1, 0.15) is 5.82 Å². The number of carbonyl (C=O) groups is 1. The number of alkyl halides is 2. The Bertz CT molecular complexity index is 353. The van der Waals surface area contributed by atoms with Crippen molar-refractivity contribution < 1.29 is 13.6 Å². The molecule has 0 saturated heterocycles. The normalized spacial score (nSPS) is 10.8. The SMILES string of the molecule is CCCc1nc(C(=O)N(C)CC(F)F)n[nH]1. The first-order valence-electron chi connectivity index (χ1n) is 4.99. The molecule has 0 aliphatic carbocycles. The monoisotopic (exact) mass is 232 g/mol. The van der Waals surface area contributed by atoms with E-state index in [1.807, 2.05) is 6.92 Å². The Morgan fingerprint density at radius 1 is 1.56 bits per heavy atom. The summed E-state index contributed by atoms with van der Waals surface area (Å²) >= 11 is 0. The maximum atomic E-state index is 12.0. The minimum atomic E-state index is -2.55. The lowest BCUT2D eigenvalue weighted by Crippen LogP contribution is -2.32. The molecule has 1 aromatic heterocycles. The first-order valence-corrected chi connectivity index (χ1v) is 4.99. The third-order valence-corrected chi connectivity index (χ3v) is 1.97. The van der Waals surface area contributed by atoms with Crippen LogP contribution in [0.1, 0.15) is 29.8 Å². The van der Waals surface area contributed by atoms with Crippen LogP contribution >= 0.6 is 0 Å². The number of aromatic nitrogens is 3. The van der Waals surface area contributed by atoms with E-state index in [2.05, 4.69) is 15.2 Å². The average molecular weight is 232 g/mol. The van der Waals surface area contributed by atoms with Crippen molar-refractivity contribution in [2.24, 2.45) is 0 Å². The first-order chi connectivity index (χ1) is 7.54. The predicted molar refractivity (Wildman–Crippen MR) is 53.3 cm³/mol. The summed E-state index contributed by atoms with van der Waals surface area (Å²) in [4.78, 5) is 16.4. The van der Waals surface area contributed by atoms with Crippen molar-refractivity contribution >= 4 is 5.91 Å². The molecule has 1 N–H and O–H groups in total. The highest BCUT2D eigenvalue weighted by Gasteiger charge is 2.19. The Labute approximate surface area is 91.9 Å². The fraction of sp³-hybridized carbons (Fsp3) is 0.667. The van der Waals surface area contributed by atoms with E-state index >= 15 is 0 Å². The van der Waals surface area contributed by atoms with Gasteiger partial charge in [0.2, 0.25) is 5.82 Å². The lowest BCUT2D eigenvalue weighted by Gasteiger charge is -2.13. The molecule has 0 aromatic carbocycles. The number of halogens is 2. The van der Waals surface area contributed by atoms with Gasteiger partial charge in [0.05, 0.1) is 6.54 Å². The third-order valence-electron chi connectivity index (χ3n) is 1.97. The minimum absolute atomic E-state index is 0.0633. The lowest BCUT2D eigenvalue weighted by atomic mass is 10.3. The largest absolute Gasteiger partial charge is 0.333 e. The van der Waals surface area contributed by atoms with E-state index in [-0.39, 0.29) is 5.82 Å². The van der Waals surface area contributed by atoms with Crippen molar-refractivity contribution in [3.63, 3.8) is 0 Å². The van der Waals surface area contributed by atoms with Crippen LogP contribution in [0, 0.1) is 0 Å². The van der Waals surface area contributed by atoms with Crippen molar-refractivity contribution in [3.05, 3.63) is 11.6 Å². The van der Waals surface area contributed by atoms with Gasteiger partial charge in [-0.15, -0.1) is 5.10 Å². The Hall–Kier alpha value is -1.53. The van der Waals surface area contributed by atoms with Crippen LogP contribution < -0.4 is 0 Å². The molecule has 0 saturated carbocycles. The molecule has 0 aliphatic rings. The molecule has 5 nitrogen and oxygen atoms in total. The summed E-state index contributed by atoms with van der Waals surface area (Å²) in [6.07, 6.45) is -1.00. The Balaban J connectivity index is 2.64. The van der Waals surface area contributed by atoms with Gasteiger partial charge in [-0.2, -0.15) is 0 Å². The van der Waals surface area contributed by atoms with E-state index in [1.54, 1.807) is 0 Å². The molecule has 0 unspecified atom stereocenters. The number of nitrogens with one attached hydrogen (secondary N) is 1. The Kier molecular flexibility index (Phi) is 4.33. The van der Waals surface area contributed by atoms with Gasteiger partial charge in [-0.25, -0.2) is 13.8 Å². The van der Waals surface area contributed by atoms with Crippen LogP contribution in [-0.2, 0) is 6.42 Å². The van der Waals surface area contributed by atoms with E-state index in [1.165, 1.54) is 7.05 Å². The van der Waals surface area contributed by atoms with Crippen molar-refractivity contribution in [3.8, 4) is 0 Å². The van der Waals surface area contributed by atoms with Crippen LogP contribution in [0.3, 0.4) is 0 Å². The highest BCUT2D eigenvalue weighted by molar-refractivity contribution is 5.90. The van der Waals surface area contributed by atoms with Crippen molar-refractivity contribution in [2.75, 3.05) is 13.6 Å². The van der Waals surface area contributed by atoms with E-state index in [0.717, 1.165) is 11.3 Å². The second kappa shape index (κ2) is 5.53. The van der Waals surface area contributed by atoms with Gasteiger partial charge in [0, 0.05) is 13.5 Å². The number of aryl methyl sites for hydroxylation is 1. The number of aromatic amines is 1. The second-order valence-electron chi connectivity index (χ2n) is 3.43. The zero-order valence-electron chi connectivity index (χ0n) is 9.20. The number of amides is 1. The van der Waals surface area contributed by atoms with Gasteiger partial charge >= 0.3 is 0 Å². The molecule has 1 amide bonds. The smallest absolute Gasteiger partial charge is 0.293 e. The van der Waals surface area contributed by atoms with E-state index in [4.69, 9.17) is 0 Å². The first kappa shape index (κ1) is 12.5. The number of rotatable bonds is 5. The van der Waals surface area contributed by atoms with Gasteiger partial charge in [-0.3, -0.25) is 9.89 Å². The minimum Gasteiger partial charge on any atom is -0.333 e. The van der Waals surface area contributed by atoms with Gasteiger partial charge in [0.25, 0.3) is 12.3 Å². The second-order valence-corrected chi connectivity index (χ2v) is 3.43. The van der Waals surface area contributed by atoms with Crippen LogP contribution in [-0.4, -0.2) is 46.0 Å². The highest BCUT2D eigenvalue weighted by atomic mass is 19.3. The molecule has 0 aliphatic heterocycles. The number of hydrogen-bond donors (Lipinski definition) is 1. The molecule has 1 heterocycles. The quantitative estimate of drug-likeness (QED) is 0.826. The zero-order valence-corrected chi connectivity index (χ0v) is 9.20. The summed E-state index contributed by atoms with van der Waals surface area (Å²) < 4.78 is 24.1. The van der Waals surface area contributed by atoms with Gasteiger partial charge < -0.3 is 4.90 Å². The fourth-order valence-electron chi connectivity index (χ4n) is 1.20. The molecule has 90 valence electrons. The molecule has 1 aromatic rings. The highest BCUT2D eigenvalue weighted by Crippen LogP contribution is 2.02. The molecule has 0 fully saturated rings. The average Bonchev–Trinajstić information content (AvgIpc) is 2.64. The zero-order chi connectivity index (χ0) is 12.1. The van der Waals surface area contributed by atoms with E-state index in [0.29, 0.717) is 12.2 Å². The van der Waals surface area contributed by atoms with Crippen molar-refractivity contribution in [1.29, 1.82) is 0 Å². The van der Waals surface area contributed by atoms with Crippen LogP contribution in [0.2, 0.25) is 0 Å². The number of H-pyrrole nitrogens is 1. The van der Waals surface area contributed by atoms with Crippen molar-refractivity contribution in [2.45, 2.75) is 26.2 Å². The molecular formula is C9H14F2N4O. The van der Waals surface area contributed by atoms with Crippen LogP contribution in [0.25, 0.3) is 0 Å². The molecule has 0 atom stereocenters.